The van der Waals surface area contributed by atoms with Crippen LogP contribution >= 0.6 is 11.6 Å². The zero-order valence-electron chi connectivity index (χ0n) is 15.9. The maximum atomic E-state index is 12.6. The maximum absolute atomic E-state index is 12.6. The van der Waals surface area contributed by atoms with E-state index in [9.17, 15) is 4.79 Å². The van der Waals surface area contributed by atoms with Gasteiger partial charge >= 0.3 is 0 Å². The normalized spacial score (nSPS) is 12.8. The second-order valence-corrected chi connectivity index (χ2v) is 7.49. The van der Waals surface area contributed by atoms with Gasteiger partial charge in [-0.3, -0.25) is 4.79 Å². The number of rotatable bonds is 7. The lowest BCUT2D eigenvalue weighted by Crippen LogP contribution is -2.23. The van der Waals surface area contributed by atoms with Crippen molar-refractivity contribution in [2.24, 2.45) is 5.92 Å². The molecule has 0 spiro atoms. The number of fused-ring (bicyclic) bond motifs is 1. The van der Waals surface area contributed by atoms with Crippen LogP contribution in [-0.4, -0.2) is 19.6 Å². The molecule has 0 aromatic heterocycles. The molecule has 0 saturated heterocycles. The molecule has 27 heavy (non-hydrogen) atoms. The summed E-state index contributed by atoms with van der Waals surface area (Å²) >= 11 is 6.33. The largest absolute Gasteiger partial charge is 0.493 e. The second kappa shape index (κ2) is 8.63. The molecule has 0 bridgehead atoms. The average molecular weight is 389 g/mol. The van der Waals surface area contributed by atoms with Crippen molar-refractivity contribution in [2.75, 3.05) is 13.7 Å². The van der Waals surface area contributed by atoms with Gasteiger partial charge in [-0.15, -0.1) is 0 Å². The minimum atomic E-state index is -0.204. The Balaban J connectivity index is 1.69. The van der Waals surface area contributed by atoms with E-state index in [1.54, 1.807) is 12.1 Å². The third kappa shape index (κ3) is 4.73. The molecule has 1 aliphatic rings. The number of methoxy groups -OCH3 is 1. The molecule has 1 amide bonds. The number of halogens is 1. The number of benzene rings is 2. The monoisotopic (exact) mass is 388 g/mol. The summed E-state index contributed by atoms with van der Waals surface area (Å²) in [5.74, 6) is 1.08. The average Bonchev–Trinajstić information content (AvgIpc) is 3.12. The molecule has 144 valence electrons. The van der Waals surface area contributed by atoms with E-state index in [2.05, 4.69) is 36.6 Å². The van der Waals surface area contributed by atoms with Crippen LogP contribution in [0.2, 0.25) is 5.02 Å². The first-order valence-corrected chi connectivity index (χ1v) is 9.45. The topological polar surface area (TPSA) is 59.6 Å². The van der Waals surface area contributed by atoms with Gasteiger partial charge in [0.05, 0.1) is 18.7 Å². The van der Waals surface area contributed by atoms with Gasteiger partial charge in [-0.1, -0.05) is 43.6 Å². The number of amides is 1. The van der Waals surface area contributed by atoms with Gasteiger partial charge in [-0.25, -0.2) is 0 Å². The summed E-state index contributed by atoms with van der Waals surface area (Å²) in [5, 5.41) is 6.62. The molecular formula is C21H25ClN2O3. The number of ether oxygens (including phenoxy) is 2. The van der Waals surface area contributed by atoms with E-state index < -0.39 is 0 Å². The minimum absolute atomic E-state index is 0.204. The predicted molar refractivity (Wildman–Crippen MR) is 106 cm³/mol. The van der Waals surface area contributed by atoms with Crippen molar-refractivity contribution in [3.05, 3.63) is 57.6 Å². The van der Waals surface area contributed by atoms with Gasteiger partial charge in [0, 0.05) is 25.2 Å². The molecule has 0 unspecified atom stereocenters. The zero-order chi connectivity index (χ0) is 19.4. The summed E-state index contributed by atoms with van der Waals surface area (Å²) in [5.41, 5.74) is 4.12. The smallest absolute Gasteiger partial charge is 0.251 e. The van der Waals surface area contributed by atoms with Crippen LogP contribution in [0.15, 0.2) is 30.3 Å². The summed E-state index contributed by atoms with van der Waals surface area (Å²) in [6.07, 6.45) is 0. The van der Waals surface area contributed by atoms with Crippen molar-refractivity contribution >= 4 is 17.5 Å². The van der Waals surface area contributed by atoms with E-state index in [-0.39, 0.29) is 5.91 Å². The lowest BCUT2D eigenvalue weighted by atomic mass is 10.1. The molecule has 0 radical (unpaired) electrons. The van der Waals surface area contributed by atoms with Gasteiger partial charge in [0.1, 0.15) is 0 Å². The molecule has 1 heterocycles. The number of nitrogens with one attached hydrogen (secondary N) is 2. The Labute approximate surface area is 165 Å². The lowest BCUT2D eigenvalue weighted by Gasteiger charge is -2.15. The Morgan fingerprint density at radius 3 is 2.74 bits per heavy atom. The Morgan fingerprint density at radius 2 is 2.00 bits per heavy atom. The number of carbonyl (C=O) groups excluding carboxylic acids is 1. The molecule has 1 aliphatic heterocycles. The van der Waals surface area contributed by atoms with Gasteiger partial charge in [0.25, 0.3) is 5.91 Å². The fourth-order valence-corrected chi connectivity index (χ4v) is 3.25. The quantitative estimate of drug-likeness (QED) is 0.754. The van der Waals surface area contributed by atoms with Gasteiger partial charge < -0.3 is 20.1 Å². The fourth-order valence-electron chi connectivity index (χ4n) is 2.98. The van der Waals surface area contributed by atoms with Gasteiger partial charge in [0.15, 0.2) is 11.5 Å². The van der Waals surface area contributed by atoms with Crippen LogP contribution in [0.3, 0.4) is 0 Å². The lowest BCUT2D eigenvalue weighted by molar-refractivity contribution is 0.0950. The van der Waals surface area contributed by atoms with Gasteiger partial charge in [-0.05, 0) is 34.7 Å². The van der Waals surface area contributed by atoms with Crippen LogP contribution in [0.25, 0.3) is 0 Å². The van der Waals surface area contributed by atoms with Crippen molar-refractivity contribution in [3.63, 3.8) is 0 Å². The molecule has 2 aromatic carbocycles. The predicted octanol–water partition coefficient (Wildman–Crippen LogP) is 3.92. The van der Waals surface area contributed by atoms with Crippen LogP contribution in [0.5, 0.6) is 11.5 Å². The van der Waals surface area contributed by atoms with Crippen molar-refractivity contribution in [2.45, 2.75) is 33.5 Å². The highest BCUT2D eigenvalue weighted by Gasteiger charge is 2.17. The van der Waals surface area contributed by atoms with Crippen molar-refractivity contribution < 1.29 is 14.3 Å². The highest BCUT2D eigenvalue weighted by Crippen LogP contribution is 2.36. The summed E-state index contributed by atoms with van der Waals surface area (Å²) in [6.45, 7) is 6.87. The highest BCUT2D eigenvalue weighted by atomic mass is 35.5. The summed E-state index contributed by atoms with van der Waals surface area (Å²) in [4.78, 5) is 12.6. The number of hydrogen-bond donors (Lipinski definition) is 2. The molecular weight excluding hydrogens is 364 g/mol. The van der Waals surface area contributed by atoms with E-state index >= 15 is 0 Å². The molecule has 6 heteroatoms. The van der Waals surface area contributed by atoms with Crippen LogP contribution in [0, 0.1) is 5.92 Å². The molecule has 3 rings (SSSR count). The Bertz CT molecular complexity index is 836. The van der Waals surface area contributed by atoms with E-state index in [0.29, 0.717) is 41.2 Å². The first-order valence-electron chi connectivity index (χ1n) is 9.08. The number of carbonyl (C=O) groups is 1. The summed E-state index contributed by atoms with van der Waals surface area (Å²) < 4.78 is 11.1. The molecule has 0 fully saturated rings. The first-order chi connectivity index (χ1) is 13.0. The SMILES string of the molecule is COc1cc(C(=O)NCc2ccc3c(c2)CNC3)cc(Cl)c1OCC(C)C. The van der Waals surface area contributed by atoms with Crippen LogP contribution < -0.4 is 20.1 Å². The molecule has 5 nitrogen and oxygen atoms in total. The Kier molecular flexibility index (Phi) is 6.24. The fraction of sp³-hybridized carbons (Fsp3) is 0.381. The molecule has 2 aromatic rings. The Hall–Kier alpha value is -2.24. The van der Waals surface area contributed by atoms with Gasteiger partial charge in [0.2, 0.25) is 0 Å². The molecule has 0 atom stereocenters. The van der Waals surface area contributed by atoms with Crippen LogP contribution in [-0.2, 0) is 19.6 Å². The highest BCUT2D eigenvalue weighted by molar-refractivity contribution is 6.32. The number of hydrogen-bond acceptors (Lipinski definition) is 4. The molecule has 2 N–H and O–H groups in total. The second-order valence-electron chi connectivity index (χ2n) is 7.08. The minimum Gasteiger partial charge on any atom is -0.493 e. The van der Waals surface area contributed by atoms with E-state index in [4.69, 9.17) is 21.1 Å². The van der Waals surface area contributed by atoms with Crippen LogP contribution in [0.4, 0.5) is 0 Å². The maximum Gasteiger partial charge on any atom is 0.251 e. The standard InChI is InChI=1S/C21H25ClN2O3/c1-13(2)12-27-20-18(22)7-16(8-19(20)26-3)21(25)24-9-14-4-5-15-10-23-11-17(15)6-14/h4-8,13,23H,9-12H2,1-3H3,(H,24,25). The third-order valence-corrected chi connectivity index (χ3v) is 4.69. The first kappa shape index (κ1) is 19.5. The van der Waals surface area contributed by atoms with E-state index in [1.807, 2.05) is 6.07 Å². The van der Waals surface area contributed by atoms with Gasteiger partial charge in [-0.2, -0.15) is 0 Å². The van der Waals surface area contributed by atoms with Crippen molar-refractivity contribution in [1.29, 1.82) is 0 Å². The van der Waals surface area contributed by atoms with Crippen LogP contribution in [0.1, 0.15) is 40.9 Å². The van der Waals surface area contributed by atoms with Crippen molar-refractivity contribution in [1.82, 2.24) is 10.6 Å². The van der Waals surface area contributed by atoms with Crippen molar-refractivity contribution in [3.8, 4) is 11.5 Å². The van der Waals surface area contributed by atoms with E-state index in [0.717, 1.165) is 18.7 Å². The molecule has 0 aliphatic carbocycles. The summed E-state index contributed by atoms with van der Waals surface area (Å²) in [6, 6.07) is 9.55. The zero-order valence-corrected chi connectivity index (χ0v) is 16.7. The Morgan fingerprint density at radius 1 is 1.22 bits per heavy atom. The summed E-state index contributed by atoms with van der Waals surface area (Å²) in [7, 11) is 1.54. The third-order valence-electron chi connectivity index (χ3n) is 4.41. The van der Waals surface area contributed by atoms with E-state index in [1.165, 1.54) is 18.2 Å². The molecule has 0 saturated carbocycles.